The number of nitrogens with zero attached hydrogens (tertiary/aromatic N) is 4. The van der Waals surface area contributed by atoms with Gasteiger partial charge in [-0.05, 0) is 49.1 Å². The van der Waals surface area contributed by atoms with Gasteiger partial charge in [-0.2, -0.15) is 9.78 Å². The van der Waals surface area contributed by atoms with E-state index in [4.69, 9.17) is 10.5 Å². The summed E-state index contributed by atoms with van der Waals surface area (Å²) < 4.78 is 38.7. The number of benzene rings is 2. The van der Waals surface area contributed by atoms with Crippen molar-refractivity contribution in [1.82, 2.24) is 18.8 Å². The predicted octanol–water partition coefficient (Wildman–Crippen LogP) is 2.74. The van der Waals surface area contributed by atoms with Crippen LogP contribution in [0.3, 0.4) is 0 Å². The first-order valence-electron chi connectivity index (χ1n) is 12.8. The van der Waals surface area contributed by atoms with Crippen molar-refractivity contribution in [2.45, 2.75) is 26.3 Å². The molecule has 1 saturated heterocycles. The number of para-hydroxylation sites is 1. The van der Waals surface area contributed by atoms with E-state index >= 15 is 0 Å². The van der Waals surface area contributed by atoms with E-state index in [-0.39, 0.29) is 17.9 Å². The van der Waals surface area contributed by atoms with Crippen molar-refractivity contribution in [3.8, 4) is 11.4 Å². The number of anilines is 2. The summed E-state index contributed by atoms with van der Waals surface area (Å²) in [5.41, 5.74) is 9.00. The molecule has 3 N–H and O–H groups in total. The third kappa shape index (κ3) is 5.80. The summed E-state index contributed by atoms with van der Waals surface area (Å²) in [4.78, 5) is 15.5. The van der Waals surface area contributed by atoms with Gasteiger partial charge in [-0.15, -0.1) is 9.03 Å². The number of hydrogen-bond donors (Lipinski definition) is 2. The summed E-state index contributed by atoms with van der Waals surface area (Å²) in [6.45, 7) is 4.18. The van der Waals surface area contributed by atoms with E-state index in [0.717, 1.165) is 24.0 Å². The molecule has 3 aromatic rings. The lowest BCUT2D eigenvalue weighted by Gasteiger charge is -2.35. The van der Waals surface area contributed by atoms with E-state index in [1.807, 2.05) is 52.5 Å². The van der Waals surface area contributed by atoms with Gasteiger partial charge in [0.2, 0.25) is 5.75 Å². The molecule has 0 spiro atoms. The Bertz CT molecular complexity index is 1310. The molecule has 202 valence electrons. The first-order valence-corrected chi connectivity index (χ1v) is 13.9. The Morgan fingerprint density at radius 3 is 2.55 bits per heavy atom. The minimum absolute atomic E-state index is 0.155. The van der Waals surface area contributed by atoms with Crippen LogP contribution in [0.5, 0.6) is 5.75 Å². The van der Waals surface area contributed by atoms with Crippen LogP contribution in [0.1, 0.15) is 24.0 Å². The Morgan fingerprint density at radius 1 is 1.16 bits per heavy atom. The molecule has 1 aliphatic heterocycles. The number of aryl methyl sites for hydroxylation is 1. The molecular weight excluding hydrogens is 507 g/mol. The lowest BCUT2D eigenvalue weighted by atomic mass is 10.1. The second-order valence-electron chi connectivity index (χ2n) is 10.0. The SMILES string of the molecule is Cc1ccc(CN[S+]([O-])N2CCN(c3cnn(-c4ccccc4)c(=O)c3OCC3(CF)CC3)CC2)cc1N. The van der Waals surface area contributed by atoms with Gasteiger partial charge in [-0.25, -0.2) is 0 Å². The van der Waals surface area contributed by atoms with Crippen molar-refractivity contribution in [3.63, 3.8) is 0 Å². The highest BCUT2D eigenvalue weighted by Gasteiger charge is 2.44. The van der Waals surface area contributed by atoms with E-state index in [1.54, 1.807) is 18.3 Å². The third-order valence-electron chi connectivity index (χ3n) is 7.24. The van der Waals surface area contributed by atoms with Crippen LogP contribution in [0.2, 0.25) is 0 Å². The van der Waals surface area contributed by atoms with Crippen molar-refractivity contribution in [3.05, 3.63) is 76.2 Å². The molecule has 1 aliphatic carbocycles. The molecule has 2 aromatic carbocycles. The molecule has 2 aliphatic rings. The van der Waals surface area contributed by atoms with Crippen LogP contribution in [0.15, 0.2) is 59.5 Å². The Morgan fingerprint density at radius 2 is 1.89 bits per heavy atom. The summed E-state index contributed by atoms with van der Waals surface area (Å²) in [6, 6.07) is 14.9. The second-order valence-corrected chi connectivity index (χ2v) is 11.3. The molecule has 38 heavy (non-hydrogen) atoms. The van der Waals surface area contributed by atoms with Crippen molar-refractivity contribution >= 4 is 22.9 Å². The van der Waals surface area contributed by atoms with Crippen LogP contribution in [-0.4, -0.2) is 58.1 Å². The van der Waals surface area contributed by atoms with E-state index in [1.165, 1.54) is 4.68 Å². The number of ether oxygens (including phenoxy) is 1. The van der Waals surface area contributed by atoms with Gasteiger partial charge in [-0.1, -0.05) is 30.3 Å². The summed E-state index contributed by atoms with van der Waals surface area (Å²) >= 11 is -1.38. The fourth-order valence-electron chi connectivity index (χ4n) is 4.39. The largest absolute Gasteiger partial charge is 0.579 e. The van der Waals surface area contributed by atoms with Crippen LogP contribution in [0, 0.1) is 12.3 Å². The number of alkyl halides is 1. The van der Waals surface area contributed by atoms with Crippen LogP contribution in [0.4, 0.5) is 15.8 Å². The number of rotatable bonds is 10. The molecule has 2 fully saturated rings. The zero-order valence-electron chi connectivity index (χ0n) is 21.4. The zero-order chi connectivity index (χ0) is 26.7. The highest BCUT2D eigenvalue weighted by molar-refractivity contribution is 7.87. The number of nitrogens with one attached hydrogen (secondary N) is 1. The Balaban J connectivity index is 1.27. The maximum atomic E-state index is 13.5. The average molecular weight is 541 g/mol. The maximum absolute atomic E-state index is 13.5. The third-order valence-corrected chi connectivity index (χ3v) is 8.46. The summed E-state index contributed by atoms with van der Waals surface area (Å²) in [6.07, 6.45) is 3.14. The van der Waals surface area contributed by atoms with Crippen molar-refractivity contribution in [2.24, 2.45) is 5.41 Å². The smallest absolute Gasteiger partial charge is 0.316 e. The van der Waals surface area contributed by atoms with Gasteiger partial charge in [-0.3, -0.25) is 9.18 Å². The number of nitrogen functional groups attached to an aromatic ring is 1. The lowest BCUT2D eigenvalue weighted by molar-refractivity contribution is 0.197. The monoisotopic (exact) mass is 540 g/mol. The Kier molecular flexibility index (Phi) is 7.89. The van der Waals surface area contributed by atoms with Gasteiger partial charge < -0.3 is 19.9 Å². The minimum Gasteiger partial charge on any atom is -0.579 e. The van der Waals surface area contributed by atoms with Crippen molar-refractivity contribution in [1.29, 1.82) is 0 Å². The molecule has 5 rings (SSSR count). The Hall–Kier alpha value is -3.12. The van der Waals surface area contributed by atoms with E-state index in [9.17, 15) is 13.7 Å². The number of halogens is 1. The van der Waals surface area contributed by atoms with E-state index < -0.39 is 23.6 Å². The highest BCUT2D eigenvalue weighted by Crippen LogP contribution is 2.46. The van der Waals surface area contributed by atoms with Crippen LogP contribution in [0.25, 0.3) is 5.69 Å². The number of hydrogen-bond acceptors (Lipinski definition) is 8. The number of aromatic nitrogens is 2. The molecule has 0 radical (unpaired) electrons. The van der Waals surface area contributed by atoms with Crippen LogP contribution >= 0.6 is 0 Å². The fourth-order valence-corrected chi connectivity index (χ4v) is 5.36. The van der Waals surface area contributed by atoms with Gasteiger partial charge in [0, 0.05) is 24.2 Å². The summed E-state index contributed by atoms with van der Waals surface area (Å²) in [5.74, 6) is 0.174. The van der Waals surface area contributed by atoms with Gasteiger partial charge in [0.1, 0.15) is 17.2 Å². The maximum Gasteiger partial charge on any atom is 0.316 e. The van der Waals surface area contributed by atoms with Gasteiger partial charge in [0.15, 0.2) is 0 Å². The molecular formula is C27H33FN6O3S. The standard InChI is InChI=1S/C27H33FN6O3S/c1-20-7-8-21(15-23(20)29)16-31-38(36)33-13-11-32(12-14-33)24-17-30-34(22-5-3-2-4-6-22)26(35)25(24)37-19-27(18-28)9-10-27/h2-8,15,17,31H,9-14,16,18-19,29H2,1H3. The molecule has 1 saturated carbocycles. The van der Waals surface area contributed by atoms with Gasteiger partial charge in [0.05, 0.1) is 44.8 Å². The highest BCUT2D eigenvalue weighted by atomic mass is 32.2. The molecule has 1 atom stereocenters. The number of nitrogens with two attached hydrogens (primary N) is 1. The van der Waals surface area contributed by atoms with Crippen LogP contribution < -0.4 is 25.7 Å². The molecule has 11 heteroatoms. The summed E-state index contributed by atoms with van der Waals surface area (Å²) in [7, 11) is 0. The first-order chi connectivity index (χ1) is 18.4. The van der Waals surface area contributed by atoms with Gasteiger partial charge in [0.25, 0.3) is 0 Å². The lowest BCUT2D eigenvalue weighted by Crippen LogP contribution is -2.52. The molecule has 0 amide bonds. The predicted molar refractivity (Wildman–Crippen MR) is 147 cm³/mol. The van der Waals surface area contributed by atoms with Gasteiger partial charge >= 0.3 is 5.56 Å². The minimum atomic E-state index is -1.38. The van der Waals surface area contributed by atoms with Crippen molar-refractivity contribution in [2.75, 3.05) is 50.1 Å². The normalized spacial score (nSPS) is 17.8. The molecule has 2 heterocycles. The summed E-state index contributed by atoms with van der Waals surface area (Å²) in [5, 5.41) is 4.41. The molecule has 1 unspecified atom stereocenters. The molecule has 0 bridgehead atoms. The van der Waals surface area contributed by atoms with E-state index in [0.29, 0.717) is 49.8 Å². The molecule has 9 nitrogen and oxygen atoms in total. The average Bonchev–Trinajstić information content (AvgIpc) is 3.73. The molecule has 1 aromatic heterocycles. The zero-order valence-corrected chi connectivity index (χ0v) is 22.3. The second kappa shape index (κ2) is 11.3. The quantitative estimate of drug-likeness (QED) is 0.298. The van der Waals surface area contributed by atoms with Crippen molar-refractivity contribution < 1.29 is 13.7 Å². The first kappa shape index (κ1) is 26.5. The Labute approximate surface area is 224 Å². The van der Waals surface area contributed by atoms with E-state index in [2.05, 4.69) is 9.82 Å². The van der Waals surface area contributed by atoms with Crippen LogP contribution in [-0.2, 0) is 18.1 Å². The fraction of sp³-hybridized carbons (Fsp3) is 0.407. The topological polar surface area (TPSA) is 112 Å². The number of piperazine rings is 1.